The summed E-state index contributed by atoms with van der Waals surface area (Å²) in [6.07, 6.45) is 1.88. The second-order valence-electron chi connectivity index (χ2n) is 6.85. The summed E-state index contributed by atoms with van der Waals surface area (Å²) in [5.41, 5.74) is 4.93. The van der Waals surface area contributed by atoms with Gasteiger partial charge in [0.15, 0.2) is 0 Å². The minimum atomic E-state index is -0.100. The number of aryl methyl sites for hydroxylation is 1. The molecule has 148 valence electrons. The predicted octanol–water partition coefficient (Wildman–Crippen LogP) is 4.96. The lowest BCUT2D eigenvalue weighted by Gasteiger charge is -2.08. The molecule has 0 spiro atoms. The maximum absolute atomic E-state index is 12.5. The lowest BCUT2D eigenvalue weighted by molar-refractivity contribution is 0.102. The van der Waals surface area contributed by atoms with Gasteiger partial charge in [0.05, 0.1) is 12.4 Å². The first-order chi connectivity index (χ1) is 13.8. The van der Waals surface area contributed by atoms with Crippen molar-refractivity contribution in [3.05, 3.63) is 90.0 Å². The standard InChI is InChI=1S/C24H23N3O.ClH/c28-24(21-11-9-20(10-12-21)19-4-2-1-3-5-19)27-22-13-6-18(7-14-22)8-15-23-25-16-17-26-23;/h1-7,9-14H,8,15-17H2,(H,25,26)(H,27,28);1H. The first kappa shape index (κ1) is 20.6. The minimum absolute atomic E-state index is 0. The third-order valence-corrected chi connectivity index (χ3v) is 4.86. The maximum Gasteiger partial charge on any atom is 0.255 e. The molecule has 4 rings (SSSR count). The Balaban J connectivity index is 0.00000240. The predicted molar refractivity (Wildman–Crippen MR) is 122 cm³/mol. The highest BCUT2D eigenvalue weighted by Gasteiger charge is 2.08. The van der Waals surface area contributed by atoms with Crippen LogP contribution in [0.1, 0.15) is 22.3 Å². The van der Waals surface area contributed by atoms with Gasteiger partial charge in [-0.2, -0.15) is 0 Å². The summed E-state index contributed by atoms with van der Waals surface area (Å²) < 4.78 is 0. The summed E-state index contributed by atoms with van der Waals surface area (Å²) in [5, 5.41) is 6.26. The van der Waals surface area contributed by atoms with Gasteiger partial charge in [-0.05, 0) is 47.4 Å². The highest BCUT2D eigenvalue weighted by atomic mass is 35.5. The molecule has 0 saturated heterocycles. The summed E-state index contributed by atoms with van der Waals surface area (Å²) in [6.45, 7) is 1.83. The Bertz CT molecular complexity index is 967. The molecule has 29 heavy (non-hydrogen) atoms. The Morgan fingerprint density at radius 2 is 1.55 bits per heavy atom. The number of nitrogens with zero attached hydrogens (tertiary/aromatic N) is 1. The van der Waals surface area contributed by atoms with Gasteiger partial charge >= 0.3 is 0 Å². The molecule has 0 aliphatic carbocycles. The van der Waals surface area contributed by atoms with Crippen LogP contribution in [0.3, 0.4) is 0 Å². The Labute approximate surface area is 177 Å². The number of carbonyl (C=O) groups is 1. The number of nitrogens with one attached hydrogen (secondary N) is 2. The number of rotatable bonds is 6. The largest absolute Gasteiger partial charge is 0.372 e. The van der Waals surface area contributed by atoms with Gasteiger partial charge in [-0.25, -0.2) is 0 Å². The van der Waals surface area contributed by atoms with E-state index in [4.69, 9.17) is 0 Å². The highest BCUT2D eigenvalue weighted by Crippen LogP contribution is 2.20. The van der Waals surface area contributed by atoms with Crippen molar-refractivity contribution in [2.75, 3.05) is 18.4 Å². The summed E-state index contributed by atoms with van der Waals surface area (Å²) >= 11 is 0. The quantitative estimate of drug-likeness (QED) is 0.608. The Morgan fingerprint density at radius 3 is 2.21 bits per heavy atom. The molecule has 0 bridgehead atoms. The van der Waals surface area contributed by atoms with E-state index in [0.29, 0.717) is 5.56 Å². The molecule has 0 atom stereocenters. The average molecular weight is 406 g/mol. The molecule has 2 N–H and O–H groups in total. The summed E-state index contributed by atoms with van der Waals surface area (Å²) in [5.74, 6) is 0.994. The van der Waals surface area contributed by atoms with E-state index in [1.54, 1.807) is 0 Å². The maximum atomic E-state index is 12.5. The SMILES string of the molecule is Cl.O=C(Nc1ccc(CCC2=NCCN2)cc1)c1ccc(-c2ccccc2)cc1. The number of hydrogen-bond acceptors (Lipinski definition) is 3. The van der Waals surface area contributed by atoms with E-state index in [1.807, 2.05) is 54.6 Å². The number of anilines is 1. The molecule has 3 aromatic rings. The lowest BCUT2D eigenvalue weighted by Crippen LogP contribution is -2.18. The van der Waals surface area contributed by atoms with E-state index >= 15 is 0 Å². The van der Waals surface area contributed by atoms with Gasteiger partial charge in [-0.1, -0.05) is 54.6 Å². The number of amides is 1. The number of hydrogen-bond donors (Lipinski definition) is 2. The second kappa shape index (κ2) is 9.89. The van der Waals surface area contributed by atoms with Gasteiger partial charge in [0.1, 0.15) is 0 Å². The van der Waals surface area contributed by atoms with E-state index in [-0.39, 0.29) is 18.3 Å². The van der Waals surface area contributed by atoms with E-state index in [1.165, 1.54) is 5.56 Å². The molecule has 1 aliphatic rings. The van der Waals surface area contributed by atoms with E-state index < -0.39 is 0 Å². The number of halogens is 1. The lowest BCUT2D eigenvalue weighted by atomic mass is 10.0. The van der Waals surface area contributed by atoms with Crippen molar-refractivity contribution in [3.63, 3.8) is 0 Å². The average Bonchev–Trinajstić information content (AvgIpc) is 3.28. The molecule has 1 aliphatic heterocycles. The smallest absolute Gasteiger partial charge is 0.255 e. The zero-order valence-electron chi connectivity index (χ0n) is 16.1. The van der Waals surface area contributed by atoms with Crippen molar-refractivity contribution in [2.24, 2.45) is 4.99 Å². The molecular weight excluding hydrogens is 382 g/mol. The van der Waals surface area contributed by atoms with Crippen LogP contribution in [0, 0.1) is 0 Å². The molecule has 0 saturated carbocycles. The van der Waals surface area contributed by atoms with Crippen LogP contribution in [0.25, 0.3) is 11.1 Å². The van der Waals surface area contributed by atoms with Crippen LogP contribution in [0.5, 0.6) is 0 Å². The summed E-state index contributed by atoms with van der Waals surface area (Å²) in [7, 11) is 0. The monoisotopic (exact) mass is 405 g/mol. The number of aliphatic imine (C=N–C) groups is 1. The van der Waals surface area contributed by atoms with Crippen LogP contribution < -0.4 is 10.6 Å². The van der Waals surface area contributed by atoms with Gasteiger partial charge < -0.3 is 10.6 Å². The number of benzene rings is 3. The fourth-order valence-corrected chi connectivity index (χ4v) is 3.28. The molecule has 1 amide bonds. The molecule has 0 radical (unpaired) electrons. The van der Waals surface area contributed by atoms with Crippen molar-refractivity contribution in [1.29, 1.82) is 0 Å². The molecule has 3 aromatic carbocycles. The van der Waals surface area contributed by atoms with Crippen molar-refractivity contribution in [3.8, 4) is 11.1 Å². The molecule has 0 fully saturated rings. The van der Waals surface area contributed by atoms with Crippen LogP contribution >= 0.6 is 12.4 Å². The van der Waals surface area contributed by atoms with Crippen molar-refractivity contribution >= 4 is 29.8 Å². The summed E-state index contributed by atoms with van der Waals surface area (Å²) in [4.78, 5) is 16.9. The molecule has 0 unspecified atom stereocenters. The minimum Gasteiger partial charge on any atom is -0.372 e. The zero-order valence-corrected chi connectivity index (χ0v) is 16.9. The molecule has 5 heteroatoms. The van der Waals surface area contributed by atoms with E-state index in [9.17, 15) is 4.79 Å². The fraction of sp³-hybridized carbons (Fsp3) is 0.167. The third kappa shape index (κ3) is 5.46. The molecule has 0 aromatic heterocycles. The van der Waals surface area contributed by atoms with Gasteiger partial charge in [0.2, 0.25) is 0 Å². The van der Waals surface area contributed by atoms with Gasteiger partial charge in [0.25, 0.3) is 5.91 Å². The van der Waals surface area contributed by atoms with E-state index in [2.05, 4.69) is 39.9 Å². The Kier molecular flexibility index (Phi) is 7.04. The van der Waals surface area contributed by atoms with Gasteiger partial charge in [0, 0.05) is 24.2 Å². The number of amidine groups is 1. The van der Waals surface area contributed by atoms with Gasteiger partial charge in [-0.3, -0.25) is 9.79 Å². The second-order valence-corrected chi connectivity index (χ2v) is 6.85. The molecule has 1 heterocycles. The first-order valence-electron chi connectivity index (χ1n) is 9.61. The first-order valence-corrected chi connectivity index (χ1v) is 9.61. The summed E-state index contributed by atoms with van der Waals surface area (Å²) in [6, 6.07) is 25.9. The van der Waals surface area contributed by atoms with Crippen LogP contribution in [-0.2, 0) is 6.42 Å². The van der Waals surface area contributed by atoms with Crippen molar-refractivity contribution < 1.29 is 4.79 Å². The van der Waals surface area contributed by atoms with Crippen LogP contribution in [0.15, 0.2) is 83.9 Å². The third-order valence-electron chi connectivity index (χ3n) is 4.86. The zero-order chi connectivity index (χ0) is 19.2. The van der Waals surface area contributed by atoms with Crippen molar-refractivity contribution in [1.82, 2.24) is 5.32 Å². The topological polar surface area (TPSA) is 53.5 Å². The van der Waals surface area contributed by atoms with Crippen LogP contribution in [0.2, 0.25) is 0 Å². The highest BCUT2D eigenvalue weighted by molar-refractivity contribution is 6.04. The molecule has 4 nitrogen and oxygen atoms in total. The Morgan fingerprint density at radius 1 is 0.862 bits per heavy atom. The van der Waals surface area contributed by atoms with Crippen LogP contribution in [0.4, 0.5) is 5.69 Å². The Hall–Kier alpha value is -3.11. The normalized spacial score (nSPS) is 12.5. The molecular formula is C24H24ClN3O. The van der Waals surface area contributed by atoms with Crippen LogP contribution in [-0.4, -0.2) is 24.8 Å². The number of carbonyl (C=O) groups excluding carboxylic acids is 1. The fourth-order valence-electron chi connectivity index (χ4n) is 3.28. The van der Waals surface area contributed by atoms with Gasteiger partial charge in [-0.15, -0.1) is 12.4 Å². The van der Waals surface area contributed by atoms with E-state index in [0.717, 1.165) is 48.6 Å². The van der Waals surface area contributed by atoms with Crippen molar-refractivity contribution in [2.45, 2.75) is 12.8 Å².